The minimum absolute atomic E-state index is 0.468. The summed E-state index contributed by atoms with van der Waals surface area (Å²) in [7, 11) is 0. The largest absolute Gasteiger partial charge is 0.321 e. The Kier molecular flexibility index (Phi) is 9.24. The standard InChI is InChI=1S/C52H44N4/c1-34-25-26-38-16-9-10-21-43(38)50(34)49-35(2)31-32-56(47-24-14-13-20-42(47)36(49)3)48-30-29-46(44-22-11-12-23-45(44)48)51(39-17-5-4-6-18-39)54-52(55-53)41-28-27-37-15-7-8-19-40(37)33-41/h4-9,11-20,22-24,27-33H,3,10,21,25-26,53H2,1-2H3/b32-31-,49-35+,54-51?,55-52-. The quantitative estimate of drug-likeness (QED) is 0.0833. The van der Waals surface area contributed by atoms with Crippen molar-refractivity contribution >= 4 is 50.0 Å². The number of hydrogen-bond acceptors (Lipinski definition) is 3. The number of nitrogens with zero attached hydrogens (tertiary/aromatic N) is 3. The average molecular weight is 725 g/mol. The summed E-state index contributed by atoms with van der Waals surface area (Å²) in [6, 6.07) is 46.5. The Morgan fingerprint density at radius 2 is 1.41 bits per heavy atom. The van der Waals surface area contributed by atoms with Crippen molar-refractivity contribution in [2.24, 2.45) is 15.9 Å². The Balaban J connectivity index is 1.20. The van der Waals surface area contributed by atoms with Gasteiger partial charge < -0.3 is 10.7 Å². The third kappa shape index (κ3) is 6.23. The molecule has 2 N–H and O–H groups in total. The number of nitrogens with two attached hydrogens (primary N) is 1. The summed E-state index contributed by atoms with van der Waals surface area (Å²) >= 11 is 0. The lowest BCUT2D eigenvalue weighted by molar-refractivity contribution is 0.831. The fourth-order valence-corrected chi connectivity index (χ4v) is 8.70. The van der Waals surface area contributed by atoms with Gasteiger partial charge in [-0.25, -0.2) is 4.99 Å². The van der Waals surface area contributed by atoms with Crippen LogP contribution in [0.25, 0.3) is 27.1 Å². The molecular weight excluding hydrogens is 681 g/mol. The maximum Gasteiger partial charge on any atom is 0.179 e. The van der Waals surface area contributed by atoms with Crippen LogP contribution in [0.2, 0.25) is 0 Å². The van der Waals surface area contributed by atoms with Gasteiger partial charge in [0.2, 0.25) is 0 Å². The predicted molar refractivity (Wildman–Crippen MR) is 237 cm³/mol. The number of rotatable bonds is 5. The van der Waals surface area contributed by atoms with Crippen molar-refractivity contribution in [3.05, 3.63) is 220 Å². The fourth-order valence-electron chi connectivity index (χ4n) is 8.70. The fraction of sp³-hybridized carbons (Fsp3) is 0.115. The van der Waals surface area contributed by atoms with Crippen LogP contribution in [-0.4, -0.2) is 11.5 Å². The Hall–Kier alpha value is -6.78. The first kappa shape index (κ1) is 35.0. The number of aliphatic imine (C=N–C) groups is 1. The molecule has 6 aromatic rings. The topological polar surface area (TPSA) is 54.0 Å². The van der Waals surface area contributed by atoms with Gasteiger partial charge in [-0.05, 0) is 113 Å². The Bertz CT molecular complexity index is 2790. The van der Waals surface area contributed by atoms with Crippen LogP contribution in [0.4, 0.5) is 11.4 Å². The van der Waals surface area contributed by atoms with Crippen LogP contribution in [0.3, 0.4) is 0 Å². The van der Waals surface area contributed by atoms with Gasteiger partial charge in [0.25, 0.3) is 0 Å². The lowest BCUT2D eigenvalue weighted by Crippen LogP contribution is -2.16. The van der Waals surface area contributed by atoms with E-state index in [1.807, 2.05) is 36.4 Å². The third-order valence-electron chi connectivity index (χ3n) is 11.5. The molecule has 4 heteroatoms. The summed E-state index contributed by atoms with van der Waals surface area (Å²) in [6.45, 7) is 9.40. The zero-order chi connectivity index (χ0) is 38.2. The molecule has 2 aliphatic carbocycles. The van der Waals surface area contributed by atoms with E-state index in [2.05, 4.69) is 145 Å². The molecule has 9 rings (SSSR count). The second-order valence-electron chi connectivity index (χ2n) is 14.9. The van der Waals surface area contributed by atoms with Crippen molar-refractivity contribution in [1.82, 2.24) is 0 Å². The summed E-state index contributed by atoms with van der Waals surface area (Å²) in [4.78, 5) is 7.58. The molecule has 0 aromatic heterocycles. The number of hydrogen-bond donors (Lipinski definition) is 1. The van der Waals surface area contributed by atoms with Gasteiger partial charge in [-0.3, -0.25) is 0 Å². The van der Waals surface area contributed by atoms with Crippen LogP contribution < -0.4 is 10.7 Å². The molecule has 0 spiro atoms. The molecule has 1 heterocycles. The lowest BCUT2D eigenvalue weighted by Gasteiger charge is -2.33. The molecule has 0 radical (unpaired) electrons. The minimum atomic E-state index is 0.468. The van der Waals surface area contributed by atoms with Gasteiger partial charge in [0.05, 0.1) is 17.1 Å². The van der Waals surface area contributed by atoms with Crippen molar-refractivity contribution in [3.63, 3.8) is 0 Å². The zero-order valence-corrected chi connectivity index (χ0v) is 32.0. The predicted octanol–water partition coefficient (Wildman–Crippen LogP) is 12.9. The highest BCUT2D eigenvalue weighted by molar-refractivity contribution is 6.25. The monoisotopic (exact) mass is 724 g/mol. The van der Waals surface area contributed by atoms with Crippen LogP contribution in [0.15, 0.2) is 208 Å². The van der Waals surface area contributed by atoms with Crippen molar-refractivity contribution in [3.8, 4) is 0 Å². The molecule has 0 fully saturated rings. The normalized spacial score (nSPS) is 18.2. The minimum Gasteiger partial charge on any atom is -0.321 e. The molecule has 0 unspecified atom stereocenters. The Morgan fingerprint density at radius 1 is 0.661 bits per heavy atom. The Morgan fingerprint density at radius 3 is 2.25 bits per heavy atom. The maximum atomic E-state index is 6.13. The molecule has 56 heavy (non-hydrogen) atoms. The first-order valence-electron chi connectivity index (χ1n) is 19.5. The highest BCUT2D eigenvalue weighted by Gasteiger charge is 2.28. The number of hydrazone groups is 1. The van der Waals surface area contributed by atoms with E-state index >= 15 is 0 Å². The SMILES string of the molecule is C=C1/C(C2=C(C)CCC3=C2CCC=C3)=C(C)\C=C/N(c2ccc(C(=N/C(=N\N)c3ccc4ccccc4c3)c3ccccc3)c3ccccc23)c2ccccc21. The van der Waals surface area contributed by atoms with Crippen LogP contribution in [0, 0.1) is 0 Å². The summed E-state index contributed by atoms with van der Waals surface area (Å²) in [5, 5.41) is 8.69. The van der Waals surface area contributed by atoms with Crippen molar-refractivity contribution in [2.75, 3.05) is 4.90 Å². The first-order valence-corrected chi connectivity index (χ1v) is 19.5. The number of fused-ring (bicyclic) bond motifs is 3. The summed E-state index contributed by atoms with van der Waals surface area (Å²) < 4.78 is 0. The van der Waals surface area contributed by atoms with E-state index in [-0.39, 0.29) is 0 Å². The highest BCUT2D eigenvalue weighted by Crippen LogP contribution is 2.48. The van der Waals surface area contributed by atoms with Crippen LogP contribution in [-0.2, 0) is 0 Å². The second kappa shape index (κ2) is 14.8. The smallest absolute Gasteiger partial charge is 0.179 e. The van der Waals surface area contributed by atoms with Crippen molar-refractivity contribution < 1.29 is 0 Å². The number of benzene rings is 6. The highest BCUT2D eigenvalue weighted by atomic mass is 15.2. The first-order chi connectivity index (χ1) is 27.5. The lowest BCUT2D eigenvalue weighted by atomic mass is 9.74. The van der Waals surface area contributed by atoms with Gasteiger partial charge in [-0.1, -0.05) is 140 Å². The molecule has 0 atom stereocenters. The van der Waals surface area contributed by atoms with E-state index in [9.17, 15) is 0 Å². The molecule has 1 aliphatic heterocycles. The molecule has 0 amide bonds. The van der Waals surface area contributed by atoms with Gasteiger partial charge in [-0.2, -0.15) is 5.10 Å². The van der Waals surface area contributed by atoms with E-state index in [4.69, 9.17) is 17.4 Å². The average Bonchev–Trinajstić information content (AvgIpc) is 3.25. The van der Waals surface area contributed by atoms with Crippen molar-refractivity contribution in [1.29, 1.82) is 0 Å². The van der Waals surface area contributed by atoms with Gasteiger partial charge in [0.1, 0.15) is 0 Å². The summed E-state index contributed by atoms with van der Waals surface area (Å²) in [5.41, 5.74) is 16.3. The molecule has 3 aliphatic rings. The molecule has 6 aromatic carbocycles. The molecule has 4 nitrogen and oxygen atoms in total. The van der Waals surface area contributed by atoms with Gasteiger partial charge >= 0.3 is 0 Å². The van der Waals surface area contributed by atoms with Gasteiger partial charge in [0, 0.05) is 33.8 Å². The number of amidine groups is 1. The molecular formula is C52H44N4. The molecule has 272 valence electrons. The van der Waals surface area contributed by atoms with Gasteiger partial charge in [0.15, 0.2) is 5.84 Å². The Labute approximate surface area is 329 Å². The number of para-hydroxylation sites is 1. The molecule has 0 bridgehead atoms. The number of anilines is 2. The summed E-state index contributed by atoms with van der Waals surface area (Å²) in [6.07, 6.45) is 13.6. The third-order valence-corrected chi connectivity index (χ3v) is 11.5. The van der Waals surface area contributed by atoms with Crippen LogP contribution >= 0.6 is 0 Å². The van der Waals surface area contributed by atoms with Crippen molar-refractivity contribution in [2.45, 2.75) is 39.5 Å². The van der Waals surface area contributed by atoms with E-state index in [0.29, 0.717) is 5.84 Å². The van der Waals surface area contributed by atoms with E-state index in [1.165, 1.54) is 33.4 Å². The number of allylic oxidation sites excluding steroid dienone is 10. The van der Waals surface area contributed by atoms with E-state index < -0.39 is 0 Å². The van der Waals surface area contributed by atoms with E-state index in [0.717, 1.165) is 92.1 Å². The van der Waals surface area contributed by atoms with Gasteiger partial charge in [-0.15, -0.1) is 0 Å². The molecule has 0 saturated carbocycles. The summed E-state index contributed by atoms with van der Waals surface area (Å²) in [5.74, 6) is 6.60. The van der Waals surface area contributed by atoms with Crippen LogP contribution in [0.5, 0.6) is 0 Å². The zero-order valence-electron chi connectivity index (χ0n) is 32.0. The molecule has 0 saturated heterocycles. The van der Waals surface area contributed by atoms with E-state index in [1.54, 1.807) is 0 Å². The second-order valence-corrected chi connectivity index (χ2v) is 14.9. The van der Waals surface area contributed by atoms with Crippen LogP contribution in [0.1, 0.15) is 61.8 Å². The maximum absolute atomic E-state index is 6.13.